The maximum Gasteiger partial charge on any atom is 0.267 e. The molecular weight excluding hydrogens is 274 g/mol. The number of pyridine rings is 1. The zero-order valence-corrected chi connectivity index (χ0v) is 12.0. The molecule has 4 nitrogen and oxygen atoms in total. The Kier molecular flexibility index (Phi) is 2.76. The third-order valence-electron chi connectivity index (χ3n) is 3.80. The van der Waals surface area contributed by atoms with Crippen LogP contribution < -0.4 is 5.56 Å². The Balaban J connectivity index is 2.05. The van der Waals surface area contributed by atoms with Crippen LogP contribution in [0, 0.1) is 6.92 Å². The van der Waals surface area contributed by atoms with Crippen molar-refractivity contribution in [2.24, 2.45) is 0 Å². The smallest absolute Gasteiger partial charge is 0.267 e. The Bertz CT molecular complexity index is 1070. The van der Waals surface area contributed by atoms with E-state index in [9.17, 15) is 4.79 Å². The van der Waals surface area contributed by atoms with Gasteiger partial charge < -0.3 is 0 Å². The Hall–Kier alpha value is -3.01. The van der Waals surface area contributed by atoms with Crippen LogP contribution in [0.5, 0.6) is 0 Å². The predicted molar refractivity (Wildman–Crippen MR) is 87.4 cm³/mol. The molecule has 0 saturated heterocycles. The van der Waals surface area contributed by atoms with E-state index in [2.05, 4.69) is 16.0 Å². The number of benzene rings is 2. The highest BCUT2D eigenvalue weighted by Gasteiger charge is 2.10. The lowest BCUT2D eigenvalue weighted by molar-refractivity contribution is 0.890. The van der Waals surface area contributed by atoms with Crippen LogP contribution in [0.4, 0.5) is 0 Å². The van der Waals surface area contributed by atoms with Gasteiger partial charge in [-0.2, -0.15) is 0 Å². The number of rotatable bonds is 1. The van der Waals surface area contributed by atoms with Crippen molar-refractivity contribution < 1.29 is 0 Å². The van der Waals surface area contributed by atoms with Gasteiger partial charge in [0.2, 0.25) is 0 Å². The minimum atomic E-state index is -0.0918. The molecule has 4 aromatic rings. The SMILES string of the molecule is Cc1nc2ncccc2c(=O)n1-c1ccc2ccccc2c1. The largest absolute Gasteiger partial charge is 0.268 e. The molecule has 2 aromatic heterocycles. The molecule has 22 heavy (non-hydrogen) atoms. The van der Waals surface area contributed by atoms with Crippen molar-refractivity contribution in [3.8, 4) is 5.69 Å². The van der Waals surface area contributed by atoms with Crippen LogP contribution in [-0.2, 0) is 0 Å². The van der Waals surface area contributed by atoms with E-state index in [1.165, 1.54) is 0 Å². The first kappa shape index (κ1) is 12.7. The monoisotopic (exact) mass is 287 g/mol. The quantitative estimate of drug-likeness (QED) is 0.540. The molecule has 2 aromatic carbocycles. The van der Waals surface area contributed by atoms with Gasteiger partial charge in [-0.15, -0.1) is 0 Å². The molecule has 0 fully saturated rings. The molecule has 106 valence electrons. The Morgan fingerprint density at radius 1 is 0.955 bits per heavy atom. The van der Waals surface area contributed by atoms with Crippen molar-refractivity contribution in [2.45, 2.75) is 6.92 Å². The lowest BCUT2D eigenvalue weighted by Crippen LogP contribution is -2.22. The highest BCUT2D eigenvalue weighted by Crippen LogP contribution is 2.18. The summed E-state index contributed by atoms with van der Waals surface area (Å²) in [5.74, 6) is 0.631. The van der Waals surface area contributed by atoms with Crippen LogP contribution in [0.2, 0.25) is 0 Å². The fraction of sp³-hybridized carbons (Fsp3) is 0.0556. The fourth-order valence-electron chi connectivity index (χ4n) is 2.74. The van der Waals surface area contributed by atoms with Gasteiger partial charge in [-0.3, -0.25) is 9.36 Å². The summed E-state index contributed by atoms with van der Waals surface area (Å²) < 4.78 is 1.64. The Labute approximate surface area is 126 Å². The van der Waals surface area contributed by atoms with Crippen molar-refractivity contribution in [2.75, 3.05) is 0 Å². The molecule has 0 unspecified atom stereocenters. The van der Waals surface area contributed by atoms with Crippen LogP contribution in [0.1, 0.15) is 5.82 Å². The third-order valence-corrected chi connectivity index (χ3v) is 3.80. The molecule has 0 bridgehead atoms. The van der Waals surface area contributed by atoms with Gasteiger partial charge in [-0.05, 0) is 42.0 Å². The van der Waals surface area contributed by atoms with E-state index in [-0.39, 0.29) is 5.56 Å². The van der Waals surface area contributed by atoms with E-state index in [1.807, 2.05) is 43.3 Å². The van der Waals surface area contributed by atoms with E-state index >= 15 is 0 Å². The first-order valence-corrected chi connectivity index (χ1v) is 7.07. The first-order chi connectivity index (χ1) is 10.7. The summed E-state index contributed by atoms with van der Waals surface area (Å²) in [5.41, 5.74) is 1.22. The van der Waals surface area contributed by atoms with E-state index in [1.54, 1.807) is 22.9 Å². The summed E-state index contributed by atoms with van der Waals surface area (Å²) in [7, 11) is 0. The maximum atomic E-state index is 12.8. The molecule has 0 radical (unpaired) electrons. The first-order valence-electron chi connectivity index (χ1n) is 7.07. The average Bonchev–Trinajstić information content (AvgIpc) is 2.55. The van der Waals surface area contributed by atoms with Gasteiger partial charge >= 0.3 is 0 Å². The second-order valence-electron chi connectivity index (χ2n) is 5.21. The molecule has 0 amide bonds. The lowest BCUT2D eigenvalue weighted by Gasteiger charge is -2.11. The molecule has 0 saturated carbocycles. The number of aromatic nitrogens is 3. The summed E-state index contributed by atoms with van der Waals surface area (Å²) in [6.07, 6.45) is 1.65. The van der Waals surface area contributed by atoms with Crippen molar-refractivity contribution in [3.63, 3.8) is 0 Å². The summed E-state index contributed by atoms with van der Waals surface area (Å²) >= 11 is 0. The molecule has 4 heteroatoms. The summed E-state index contributed by atoms with van der Waals surface area (Å²) in [6.45, 7) is 1.82. The molecule has 0 aliphatic carbocycles. The van der Waals surface area contributed by atoms with Gasteiger partial charge in [0, 0.05) is 6.20 Å². The summed E-state index contributed by atoms with van der Waals surface area (Å²) in [5, 5.41) is 2.77. The van der Waals surface area contributed by atoms with E-state index in [0.29, 0.717) is 16.9 Å². The van der Waals surface area contributed by atoms with Crippen molar-refractivity contribution in [1.82, 2.24) is 14.5 Å². The van der Waals surface area contributed by atoms with Crippen LogP contribution >= 0.6 is 0 Å². The topological polar surface area (TPSA) is 47.8 Å². The molecule has 0 aliphatic heterocycles. The van der Waals surface area contributed by atoms with Gasteiger partial charge in [0.1, 0.15) is 5.82 Å². The minimum Gasteiger partial charge on any atom is -0.268 e. The highest BCUT2D eigenvalue weighted by atomic mass is 16.1. The molecule has 0 aliphatic rings. The van der Waals surface area contributed by atoms with Crippen molar-refractivity contribution >= 4 is 21.8 Å². The van der Waals surface area contributed by atoms with Crippen LogP contribution in [0.3, 0.4) is 0 Å². The number of fused-ring (bicyclic) bond motifs is 2. The van der Waals surface area contributed by atoms with Gasteiger partial charge in [0.15, 0.2) is 5.65 Å². The lowest BCUT2D eigenvalue weighted by atomic mass is 10.1. The Morgan fingerprint density at radius 2 is 1.77 bits per heavy atom. The normalized spacial score (nSPS) is 11.1. The standard InChI is InChI=1S/C18H13N3O/c1-12-20-17-16(7-4-10-19-17)18(22)21(12)15-9-8-13-5-2-3-6-14(13)11-15/h2-11H,1H3. The second-order valence-corrected chi connectivity index (χ2v) is 5.21. The van der Waals surface area contributed by atoms with Crippen molar-refractivity contribution in [1.29, 1.82) is 0 Å². The van der Waals surface area contributed by atoms with E-state index in [0.717, 1.165) is 16.5 Å². The number of aryl methyl sites for hydroxylation is 1. The van der Waals surface area contributed by atoms with Crippen LogP contribution in [-0.4, -0.2) is 14.5 Å². The molecule has 4 rings (SSSR count). The minimum absolute atomic E-state index is 0.0918. The summed E-state index contributed by atoms with van der Waals surface area (Å²) in [6, 6.07) is 17.6. The average molecular weight is 287 g/mol. The second kappa shape index (κ2) is 4.77. The highest BCUT2D eigenvalue weighted by molar-refractivity contribution is 5.84. The maximum absolute atomic E-state index is 12.8. The Morgan fingerprint density at radius 3 is 2.64 bits per heavy atom. The van der Waals surface area contributed by atoms with E-state index in [4.69, 9.17) is 0 Å². The number of hydrogen-bond acceptors (Lipinski definition) is 3. The van der Waals surface area contributed by atoms with E-state index < -0.39 is 0 Å². The molecule has 0 N–H and O–H groups in total. The zero-order chi connectivity index (χ0) is 15.1. The van der Waals surface area contributed by atoms with Crippen LogP contribution in [0.15, 0.2) is 65.6 Å². The van der Waals surface area contributed by atoms with Gasteiger partial charge in [0.05, 0.1) is 11.1 Å². The molecule has 0 spiro atoms. The van der Waals surface area contributed by atoms with Crippen LogP contribution in [0.25, 0.3) is 27.5 Å². The van der Waals surface area contributed by atoms with Gasteiger partial charge in [0.25, 0.3) is 5.56 Å². The number of hydrogen-bond donors (Lipinski definition) is 0. The number of nitrogens with zero attached hydrogens (tertiary/aromatic N) is 3. The third kappa shape index (κ3) is 1.89. The van der Waals surface area contributed by atoms with Crippen molar-refractivity contribution in [3.05, 3.63) is 77.0 Å². The van der Waals surface area contributed by atoms with Gasteiger partial charge in [-0.1, -0.05) is 30.3 Å². The molecule has 2 heterocycles. The molecular formula is C18H13N3O. The molecule has 0 atom stereocenters. The predicted octanol–water partition coefficient (Wildman–Crippen LogP) is 3.24. The summed E-state index contributed by atoms with van der Waals surface area (Å²) in [4.78, 5) is 21.4. The zero-order valence-electron chi connectivity index (χ0n) is 12.0. The van der Waals surface area contributed by atoms with Gasteiger partial charge in [-0.25, -0.2) is 9.97 Å². The fourth-order valence-corrected chi connectivity index (χ4v) is 2.74.